The zero-order valence-electron chi connectivity index (χ0n) is 12.8. The molecule has 0 aliphatic carbocycles. The fraction of sp³-hybridized carbons (Fsp3) is 0.111. The van der Waals surface area contributed by atoms with Crippen LogP contribution < -0.4 is 15.4 Å². The van der Waals surface area contributed by atoms with Crippen molar-refractivity contribution in [2.24, 2.45) is 0 Å². The van der Waals surface area contributed by atoms with Crippen molar-refractivity contribution < 1.29 is 9.53 Å². The van der Waals surface area contributed by atoms with E-state index < -0.39 is 0 Å². The van der Waals surface area contributed by atoms with Gasteiger partial charge in [0.2, 0.25) is 5.91 Å². The Hall–Kier alpha value is -2.66. The number of thiocarbonyl (C=S) groups is 1. The predicted molar refractivity (Wildman–Crippen MR) is 96.1 cm³/mol. The minimum atomic E-state index is -0.290. The first-order valence-electron chi connectivity index (χ1n) is 7.13. The molecule has 0 heterocycles. The molecule has 0 spiro atoms. The lowest BCUT2D eigenvalue weighted by atomic mass is 10.2. The van der Waals surface area contributed by atoms with Gasteiger partial charge in [0.25, 0.3) is 0 Å². The molecule has 2 N–H and O–H groups in total. The lowest BCUT2D eigenvalue weighted by Gasteiger charge is -2.08. The van der Waals surface area contributed by atoms with Gasteiger partial charge in [0.15, 0.2) is 5.11 Å². The number of carbonyl (C=O) groups is 1. The van der Waals surface area contributed by atoms with E-state index in [0.717, 1.165) is 11.1 Å². The summed E-state index contributed by atoms with van der Waals surface area (Å²) in [5.74, 6) is 0.419. The van der Waals surface area contributed by atoms with Crippen LogP contribution in [0.25, 0.3) is 6.08 Å². The Morgan fingerprint density at radius 2 is 1.83 bits per heavy atom. The number of nitrogens with one attached hydrogen (secondary N) is 2. The van der Waals surface area contributed by atoms with E-state index in [2.05, 4.69) is 10.6 Å². The Morgan fingerprint density at radius 3 is 2.57 bits per heavy atom. The second-order valence-corrected chi connectivity index (χ2v) is 5.14. The van der Waals surface area contributed by atoms with Crippen molar-refractivity contribution in [3.05, 3.63) is 71.8 Å². The van der Waals surface area contributed by atoms with Crippen molar-refractivity contribution in [1.29, 1.82) is 0 Å². The van der Waals surface area contributed by atoms with E-state index >= 15 is 0 Å². The highest BCUT2D eigenvalue weighted by Crippen LogP contribution is 2.18. The summed E-state index contributed by atoms with van der Waals surface area (Å²) in [7, 11) is 1.59. The Bertz CT molecular complexity index is 699. The maximum atomic E-state index is 11.9. The second-order valence-electron chi connectivity index (χ2n) is 4.73. The number of amides is 1. The van der Waals surface area contributed by atoms with Crippen LogP contribution in [-0.4, -0.2) is 18.1 Å². The first-order valence-corrected chi connectivity index (χ1v) is 7.53. The van der Waals surface area contributed by atoms with Gasteiger partial charge in [-0.15, -0.1) is 0 Å². The Balaban J connectivity index is 1.84. The van der Waals surface area contributed by atoms with E-state index in [0.29, 0.717) is 17.4 Å². The van der Waals surface area contributed by atoms with Crippen LogP contribution in [0.3, 0.4) is 0 Å². The van der Waals surface area contributed by atoms with Crippen LogP contribution in [0.5, 0.6) is 5.75 Å². The fourth-order valence-corrected chi connectivity index (χ4v) is 2.12. The number of methoxy groups -OCH3 is 1. The average molecular weight is 326 g/mol. The van der Waals surface area contributed by atoms with Gasteiger partial charge in [-0.1, -0.05) is 48.5 Å². The van der Waals surface area contributed by atoms with Gasteiger partial charge < -0.3 is 10.1 Å². The lowest BCUT2D eigenvalue weighted by Crippen LogP contribution is -2.37. The van der Waals surface area contributed by atoms with Gasteiger partial charge in [0, 0.05) is 18.2 Å². The first kappa shape index (κ1) is 16.7. The summed E-state index contributed by atoms with van der Waals surface area (Å²) in [6.45, 7) is 0.566. The molecule has 0 saturated heterocycles. The predicted octanol–water partition coefficient (Wildman–Crippen LogP) is 2.90. The minimum Gasteiger partial charge on any atom is -0.496 e. The van der Waals surface area contributed by atoms with Gasteiger partial charge in [-0.25, -0.2) is 0 Å². The van der Waals surface area contributed by atoms with Gasteiger partial charge in [0.1, 0.15) is 5.75 Å². The number of para-hydroxylation sites is 1. The highest BCUT2D eigenvalue weighted by atomic mass is 32.1. The normalized spacial score (nSPS) is 10.3. The molecule has 0 aliphatic heterocycles. The summed E-state index contributed by atoms with van der Waals surface area (Å²) in [5, 5.41) is 5.90. The Kier molecular flexibility index (Phi) is 6.32. The van der Waals surface area contributed by atoms with E-state index in [1.54, 1.807) is 13.2 Å². The smallest absolute Gasteiger partial charge is 0.250 e. The van der Waals surface area contributed by atoms with E-state index in [1.807, 2.05) is 54.6 Å². The fourth-order valence-electron chi connectivity index (χ4n) is 1.95. The number of carbonyl (C=O) groups excluding carboxylic acids is 1. The van der Waals surface area contributed by atoms with Crippen LogP contribution >= 0.6 is 12.2 Å². The highest BCUT2D eigenvalue weighted by Gasteiger charge is 2.02. The van der Waals surface area contributed by atoms with Crippen molar-refractivity contribution in [1.82, 2.24) is 10.6 Å². The second kappa shape index (κ2) is 8.70. The molecule has 23 heavy (non-hydrogen) atoms. The van der Waals surface area contributed by atoms with E-state index in [1.165, 1.54) is 6.08 Å². The van der Waals surface area contributed by atoms with Crippen LogP contribution in [-0.2, 0) is 11.3 Å². The molecule has 118 valence electrons. The van der Waals surface area contributed by atoms with E-state index in [-0.39, 0.29) is 5.91 Å². The zero-order valence-corrected chi connectivity index (χ0v) is 13.6. The molecule has 0 unspecified atom stereocenters. The van der Waals surface area contributed by atoms with Crippen molar-refractivity contribution >= 4 is 29.3 Å². The van der Waals surface area contributed by atoms with Crippen molar-refractivity contribution in [3.8, 4) is 5.75 Å². The highest BCUT2D eigenvalue weighted by molar-refractivity contribution is 7.80. The summed E-state index contributed by atoms with van der Waals surface area (Å²) in [5.41, 5.74) is 1.92. The van der Waals surface area contributed by atoms with Gasteiger partial charge in [-0.3, -0.25) is 10.1 Å². The molecule has 0 aromatic heterocycles. The standard InChI is InChI=1S/C18H18N2O2S/c1-22-16-10-6-5-9-15(16)11-12-17(21)20-18(23)19-13-14-7-3-2-4-8-14/h2-12H,13H2,1H3,(H2,19,20,21,23)/b12-11+. The SMILES string of the molecule is COc1ccccc1/C=C/C(=O)NC(=S)NCc1ccccc1. The molecule has 5 heteroatoms. The molecule has 2 aromatic carbocycles. The molecule has 2 rings (SSSR count). The molecular weight excluding hydrogens is 308 g/mol. The summed E-state index contributed by atoms with van der Waals surface area (Å²) >= 11 is 5.11. The lowest BCUT2D eigenvalue weighted by molar-refractivity contribution is -0.115. The van der Waals surface area contributed by atoms with Crippen molar-refractivity contribution in [2.75, 3.05) is 7.11 Å². The zero-order chi connectivity index (χ0) is 16.5. The topological polar surface area (TPSA) is 50.4 Å². The third-order valence-electron chi connectivity index (χ3n) is 3.09. The number of rotatable bonds is 5. The average Bonchev–Trinajstić information content (AvgIpc) is 2.59. The minimum absolute atomic E-state index is 0.290. The van der Waals surface area contributed by atoms with Crippen LogP contribution in [0.1, 0.15) is 11.1 Å². The van der Waals surface area contributed by atoms with Crippen molar-refractivity contribution in [2.45, 2.75) is 6.54 Å². The molecule has 0 saturated carbocycles. The maximum absolute atomic E-state index is 11.9. The third kappa shape index (κ3) is 5.56. The Morgan fingerprint density at radius 1 is 1.13 bits per heavy atom. The van der Waals surface area contributed by atoms with Crippen LogP contribution in [0.4, 0.5) is 0 Å². The van der Waals surface area contributed by atoms with Crippen LogP contribution in [0, 0.1) is 0 Å². The number of hydrogen-bond acceptors (Lipinski definition) is 3. The van der Waals surface area contributed by atoms with Gasteiger partial charge in [-0.2, -0.15) is 0 Å². The van der Waals surface area contributed by atoms with Gasteiger partial charge >= 0.3 is 0 Å². The number of benzene rings is 2. The third-order valence-corrected chi connectivity index (χ3v) is 3.33. The largest absolute Gasteiger partial charge is 0.496 e. The summed E-state index contributed by atoms with van der Waals surface area (Å²) in [6.07, 6.45) is 3.11. The maximum Gasteiger partial charge on any atom is 0.250 e. The molecule has 4 nitrogen and oxygen atoms in total. The quantitative estimate of drug-likeness (QED) is 0.655. The summed E-state index contributed by atoms with van der Waals surface area (Å²) in [4.78, 5) is 11.9. The number of hydrogen-bond donors (Lipinski definition) is 2. The molecule has 0 radical (unpaired) electrons. The molecule has 0 bridgehead atoms. The van der Waals surface area contributed by atoms with Crippen molar-refractivity contribution in [3.63, 3.8) is 0 Å². The number of ether oxygens (including phenoxy) is 1. The Labute approximate surface area is 141 Å². The summed E-state index contributed by atoms with van der Waals surface area (Å²) in [6, 6.07) is 17.3. The molecule has 1 amide bonds. The monoisotopic (exact) mass is 326 g/mol. The molecule has 0 atom stereocenters. The van der Waals surface area contributed by atoms with Crippen LogP contribution in [0.15, 0.2) is 60.7 Å². The first-order chi connectivity index (χ1) is 11.2. The van der Waals surface area contributed by atoms with E-state index in [4.69, 9.17) is 17.0 Å². The van der Waals surface area contributed by atoms with Gasteiger partial charge in [-0.05, 0) is 29.9 Å². The van der Waals surface area contributed by atoms with E-state index in [9.17, 15) is 4.79 Å². The molecule has 0 fully saturated rings. The molecule has 0 aliphatic rings. The summed E-state index contributed by atoms with van der Waals surface area (Å²) < 4.78 is 5.23. The van der Waals surface area contributed by atoms with Gasteiger partial charge in [0.05, 0.1) is 7.11 Å². The molecule has 2 aromatic rings. The van der Waals surface area contributed by atoms with Crippen LogP contribution in [0.2, 0.25) is 0 Å². The molecular formula is C18H18N2O2S.